The predicted molar refractivity (Wildman–Crippen MR) is 86.6 cm³/mol. The summed E-state index contributed by atoms with van der Waals surface area (Å²) >= 11 is 0. The van der Waals surface area contributed by atoms with Crippen molar-refractivity contribution in [3.63, 3.8) is 0 Å². The van der Waals surface area contributed by atoms with Gasteiger partial charge < -0.3 is 10.6 Å². The number of nitrogens with two attached hydrogens (primary N) is 1. The van der Waals surface area contributed by atoms with E-state index in [-0.39, 0.29) is 0 Å². The molecule has 0 aromatic carbocycles. The van der Waals surface area contributed by atoms with Crippen LogP contribution in [0.15, 0.2) is 28.9 Å². The van der Waals surface area contributed by atoms with Crippen molar-refractivity contribution >= 4 is 5.84 Å². The van der Waals surface area contributed by atoms with E-state index in [1.165, 1.54) is 24.8 Å². The topological polar surface area (TPSA) is 41.6 Å². The lowest BCUT2D eigenvalue weighted by atomic mass is 9.88. The fourth-order valence-corrected chi connectivity index (χ4v) is 3.32. The minimum absolute atomic E-state index is 0.398. The van der Waals surface area contributed by atoms with Crippen LogP contribution in [0.1, 0.15) is 40.0 Å². The van der Waals surface area contributed by atoms with Crippen LogP contribution in [-0.4, -0.2) is 30.4 Å². The normalized spacial score (nSPS) is 24.6. The van der Waals surface area contributed by atoms with Crippen molar-refractivity contribution in [3.05, 3.63) is 23.9 Å². The van der Waals surface area contributed by atoms with Gasteiger partial charge in [0.05, 0.1) is 0 Å². The van der Waals surface area contributed by atoms with Gasteiger partial charge in [-0.2, -0.15) is 0 Å². The van der Waals surface area contributed by atoms with E-state index >= 15 is 0 Å². The standard InChI is InChI=1S/C17H29N3/c1-12(2)9-15-5-7-20(8-6-15)17-10-16(14(4)18)13(3)11-19-17/h10,12-13,15H,4-9,11,18H2,1-3H3. The van der Waals surface area contributed by atoms with Crippen LogP contribution in [0.25, 0.3) is 0 Å². The van der Waals surface area contributed by atoms with Gasteiger partial charge in [0.1, 0.15) is 5.84 Å². The Bertz CT molecular complexity index is 412. The van der Waals surface area contributed by atoms with Gasteiger partial charge >= 0.3 is 0 Å². The van der Waals surface area contributed by atoms with Crippen LogP contribution in [0, 0.1) is 17.8 Å². The van der Waals surface area contributed by atoms with E-state index in [2.05, 4.69) is 38.3 Å². The average molecular weight is 275 g/mol. The van der Waals surface area contributed by atoms with Gasteiger partial charge in [0.25, 0.3) is 0 Å². The van der Waals surface area contributed by atoms with Gasteiger partial charge in [-0.3, -0.25) is 4.99 Å². The quantitative estimate of drug-likeness (QED) is 0.859. The second kappa shape index (κ2) is 6.47. The van der Waals surface area contributed by atoms with Crippen LogP contribution >= 0.6 is 0 Å². The Kier molecular flexibility index (Phi) is 4.90. The smallest absolute Gasteiger partial charge is 0.123 e. The molecule has 3 heteroatoms. The zero-order valence-electron chi connectivity index (χ0n) is 13.2. The largest absolute Gasteiger partial charge is 0.399 e. The first-order chi connectivity index (χ1) is 9.47. The maximum Gasteiger partial charge on any atom is 0.123 e. The summed E-state index contributed by atoms with van der Waals surface area (Å²) < 4.78 is 0. The molecule has 1 saturated heterocycles. The minimum Gasteiger partial charge on any atom is -0.399 e. The molecule has 0 aromatic rings. The average Bonchev–Trinajstić information content (AvgIpc) is 2.39. The van der Waals surface area contributed by atoms with E-state index in [1.807, 2.05) is 0 Å². The number of dihydropyridines is 1. The van der Waals surface area contributed by atoms with Crippen LogP contribution < -0.4 is 5.73 Å². The van der Waals surface area contributed by atoms with Crippen molar-refractivity contribution in [1.82, 2.24) is 4.90 Å². The van der Waals surface area contributed by atoms with Gasteiger partial charge in [-0.25, -0.2) is 0 Å². The molecule has 0 radical (unpaired) electrons. The predicted octanol–water partition coefficient (Wildman–Crippen LogP) is 3.19. The van der Waals surface area contributed by atoms with Crippen molar-refractivity contribution in [2.75, 3.05) is 19.6 Å². The number of piperidine rings is 1. The summed E-state index contributed by atoms with van der Waals surface area (Å²) in [5, 5.41) is 0. The van der Waals surface area contributed by atoms with Crippen LogP contribution in [0.2, 0.25) is 0 Å². The van der Waals surface area contributed by atoms with Gasteiger partial charge in [-0.1, -0.05) is 27.4 Å². The third-order valence-electron chi connectivity index (χ3n) is 4.46. The van der Waals surface area contributed by atoms with Gasteiger partial charge in [0.15, 0.2) is 0 Å². The number of aliphatic imine (C=N–C) groups is 1. The van der Waals surface area contributed by atoms with Crippen LogP contribution in [0.5, 0.6) is 0 Å². The number of amidine groups is 1. The first-order valence-electron chi connectivity index (χ1n) is 7.93. The summed E-state index contributed by atoms with van der Waals surface area (Å²) in [5.41, 5.74) is 7.75. The minimum atomic E-state index is 0.398. The summed E-state index contributed by atoms with van der Waals surface area (Å²) in [7, 11) is 0. The Morgan fingerprint density at radius 2 is 2.10 bits per heavy atom. The molecule has 2 heterocycles. The van der Waals surface area contributed by atoms with Crippen LogP contribution in [0.4, 0.5) is 0 Å². The second-order valence-corrected chi connectivity index (χ2v) is 6.78. The molecule has 2 aliphatic rings. The fraction of sp³-hybridized carbons (Fsp3) is 0.706. The van der Waals surface area contributed by atoms with Gasteiger partial charge in [-0.05, 0) is 42.7 Å². The molecule has 2 aliphatic heterocycles. The second-order valence-electron chi connectivity index (χ2n) is 6.78. The molecule has 112 valence electrons. The van der Waals surface area contributed by atoms with E-state index in [0.717, 1.165) is 37.3 Å². The third kappa shape index (κ3) is 3.65. The van der Waals surface area contributed by atoms with E-state index in [4.69, 9.17) is 10.7 Å². The summed E-state index contributed by atoms with van der Waals surface area (Å²) in [6.07, 6.45) is 6.09. The summed E-state index contributed by atoms with van der Waals surface area (Å²) in [5.74, 6) is 3.22. The molecular weight excluding hydrogens is 246 g/mol. The van der Waals surface area contributed by atoms with Gasteiger partial charge in [0.2, 0.25) is 0 Å². The Labute approximate surface area is 123 Å². The van der Waals surface area contributed by atoms with Crippen LogP contribution in [-0.2, 0) is 0 Å². The number of likely N-dealkylation sites (tertiary alicyclic amines) is 1. The molecule has 20 heavy (non-hydrogen) atoms. The molecule has 0 saturated carbocycles. The lowest BCUT2D eigenvalue weighted by Crippen LogP contribution is -2.39. The van der Waals surface area contributed by atoms with E-state index in [9.17, 15) is 0 Å². The highest BCUT2D eigenvalue weighted by molar-refractivity contribution is 5.95. The number of allylic oxidation sites excluding steroid dienone is 1. The fourth-order valence-electron chi connectivity index (χ4n) is 3.32. The highest BCUT2D eigenvalue weighted by Gasteiger charge is 2.24. The van der Waals surface area contributed by atoms with Crippen molar-refractivity contribution in [2.24, 2.45) is 28.5 Å². The monoisotopic (exact) mass is 275 g/mol. The summed E-state index contributed by atoms with van der Waals surface area (Å²) in [6, 6.07) is 0. The van der Waals surface area contributed by atoms with E-state index in [0.29, 0.717) is 11.6 Å². The highest BCUT2D eigenvalue weighted by Crippen LogP contribution is 2.26. The summed E-state index contributed by atoms with van der Waals surface area (Å²) in [4.78, 5) is 7.14. The number of nitrogens with zero attached hydrogens (tertiary/aromatic N) is 2. The zero-order valence-corrected chi connectivity index (χ0v) is 13.2. The van der Waals surface area contributed by atoms with E-state index < -0.39 is 0 Å². The Balaban J connectivity index is 1.96. The molecule has 3 nitrogen and oxygen atoms in total. The third-order valence-corrected chi connectivity index (χ3v) is 4.46. The maximum absolute atomic E-state index is 5.89. The first kappa shape index (κ1) is 15.1. The lowest BCUT2D eigenvalue weighted by Gasteiger charge is -2.35. The summed E-state index contributed by atoms with van der Waals surface area (Å²) in [6.45, 7) is 13.8. The first-order valence-corrected chi connectivity index (χ1v) is 7.93. The molecule has 1 unspecified atom stereocenters. The molecular formula is C17H29N3. The molecule has 0 aromatic heterocycles. The number of rotatable bonds is 3. The van der Waals surface area contributed by atoms with Gasteiger partial charge in [-0.15, -0.1) is 0 Å². The SMILES string of the molecule is C=C(N)C1=CC(N2CCC(CC(C)C)CC2)=NCC1C. The van der Waals surface area contributed by atoms with Gasteiger partial charge in [0, 0.05) is 31.2 Å². The Hall–Kier alpha value is -1.25. The number of hydrogen-bond acceptors (Lipinski definition) is 3. The molecule has 2 rings (SSSR count). The molecule has 0 amide bonds. The van der Waals surface area contributed by atoms with E-state index in [1.54, 1.807) is 0 Å². The van der Waals surface area contributed by atoms with Crippen LogP contribution in [0.3, 0.4) is 0 Å². The Morgan fingerprint density at radius 1 is 1.45 bits per heavy atom. The Morgan fingerprint density at radius 3 is 2.65 bits per heavy atom. The highest BCUT2D eigenvalue weighted by atomic mass is 15.2. The molecule has 0 aliphatic carbocycles. The van der Waals surface area contributed by atoms with Crippen molar-refractivity contribution in [1.29, 1.82) is 0 Å². The van der Waals surface area contributed by atoms with Crippen molar-refractivity contribution in [2.45, 2.75) is 40.0 Å². The molecule has 0 spiro atoms. The molecule has 1 fully saturated rings. The molecule has 2 N–H and O–H groups in total. The molecule has 1 atom stereocenters. The molecule has 0 bridgehead atoms. The zero-order chi connectivity index (χ0) is 14.7. The van der Waals surface area contributed by atoms with Crippen molar-refractivity contribution in [3.8, 4) is 0 Å². The number of hydrogen-bond donors (Lipinski definition) is 1. The van der Waals surface area contributed by atoms with Crippen molar-refractivity contribution < 1.29 is 0 Å². The lowest BCUT2D eigenvalue weighted by molar-refractivity contribution is 0.239. The maximum atomic E-state index is 5.89.